The Morgan fingerprint density at radius 3 is 2.88 bits per heavy atom. The molecule has 1 aliphatic rings. The highest BCUT2D eigenvalue weighted by Gasteiger charge is 2.31. The van der Waals surface area contributed by atoms with Crippen LogP contribution in [-0.4, -0.2) is 35.8 Å². The number of benzene rings is 1. The van der Waals surface area contributed by atoms with Crippen molar-refractivity contribution in [3.05, 3.63) is 28.8 Å². The van der Waals surface area contributed by atoms with Crippen LogP contribution in [0.1, 0.15) is 18.9 Å². The van der Waals surface area contributed by atoms with Crippen molar-refractivity contribution in [2.75, 3.05) is 20.2 Å². The molecule has 1 aromatic carbocycles. The summed E-state index contributed by atoms with van der Waals surface area (Å²) in [6.07, 6.45) is 0.815. The van der Waals surface area contributed by atoms with E-state index in [2.05, 4.69) is 4.90 Å². The molecule has 0 saturated carbocycles. The van der Waals surface area contributed by atoms with E-state index in [1.165, 1.54) is 0 Å². The molecule has 1 aromatic rings. The van der Waals surface area contributed by atoms with E-state index in [0.29, 0.717) is 11.6 Å². The van der Waals surface area contributed by atoms with Crippen LogP contribution in [0.25, 0.3) is 0 Å². The van der Waals surface area contributed by atoms with E-state index in [4.69, 9.17) is 16.3 Å². The first kappa shape index (κ1) is 12.7. The van der Waals surface area contributed by atoms with Gasteiger partial charge in [0, 0.05) is 30.2 Å². The third-order valence-electron chi connectivity index (χ3n) is 3.17. The van der Waals surface area contributed by atoms with Gasteiger partial charge in [-0.1, -0.05) is 11.6 Å². The summed E-state index contributed by atoms with van der Waals surface area (Å²) in [7, 11) is 1.66. The number of hydrogen-bond donors (Lipinski definition) is 1. The Hall–Kier alpha value is -0.770. The molecule has 94 valence electrons. The van der Waals surface area contributed by atoms with Gasteiger partial charge in [-0.25, -0.2) is 0 Å². The van der Waals surface area contributed by atoms with Gasteiger partial charge in [-0.2, -0.15) is 0 Å². The molecular formula is C13H18ClNO2. The summed E-state index contributed by atoms with van der Waals surface area (Å²) in [5, 5.41) is 10.6. The van der Waals surface area contributed by atoms with Gasteiger partial charge in [0.05, 0.1) is 12.7 Å². The molecule has 1 unspecified atom stereocenters. The van der Waals surface area contributed by atoms with Crippen LogP contribution in [0.15, 0.2) is 18.2 Å². The van der Waals surface area contributed by atoms with Gasteiger partial charge in [-0.05, 0) is 31.5 Å². The maximum atomic E-state index is 9.92. The maximum absolute atomic E-state index is 9.92. The van der Waals surface area contributed by atoms with Crippen LogP contribution in [-0.2, 0) is 6.54 Å². The summed E-state index contributed by atoms with van der Waals surface area (Å²) in [5.74, 6) is 0.848. The molecule has 2 rings (SSSR count). The summed E-state index contributed by atoms with van der Waals surface area (Å²) in [4.78, 5) is 2.22. The first-order valence-corrected chi connectivity index (χ1v) is 6.15. The number of β-amino-alcohol motifs (C(OH)–C–C–N with tert-alkyl or cyclic N) is 1. The summed E-state index contributed by atoms with van der Waals surface area (Å²) in [6.45, 7) is 4.24. The van der Waals surface area contributed by atoms with E-state index in [1.54, 1.807) is 7.11 Å². The monoisotopic (exact) mass is 255 g/mol. The zero-order chi connectivity index (χ0) is 12.5. The van der Waals surface area contributed by atoms with Gasteiger partial charge >= 0.3 is 0 Å². The van der Waals surface area contributed by atoms with Crippen molar-refractivity contribution in [1.82, 2.24) is 4.90 Å². The molecule has 0 aliphatic carbocycles. The van der Waals surface area contributed by atoms with Gasteiger partial charge in [0.2, 0.25) is 0 Å². The minimum absolute atomic E-state index is 0.564. The first-order chi connectivity index (χ1) is 8.00. The van der Waals surface area contributed by atoms with E-state index >= 15 is 0 Å². The first-order valence-electron chi connectivity index (χ1n) is 5.77. The van der Waals surface area contributed by atoms with E-state index < -0.39 is 5.60 Å². The van der Waals surface area contributed by atoms with E-state index in [1.807, 2.05) is 25.1 Å². The number of aliphatic hydroxyl groups is 1. The van der Waals surface area contributed by atoms with Crippen molar-refractivity contribution in [2.24, 2.45) is 0 Å². The van der Waals surface area contributed by atoms with Crippen molar-refractivity contribution in [2.45, 2.75) is 25.5 Å². The molecule has 0 aromatic heterocycles. The van der Waals surface area contributed by atoms with Crippen LogP contribution in [0, 0.1) is 0 Å². The van der Waals surface area contributed by atoms with Crippen molar-refractivity contribution in [3.63, 3.8) is 0 Å². The van der Waals surface area contributed by atoms with Gasteiger partial charge in [0.15, 0.2) is 0 Å². The number of ether oxygens (including phenoxy) is 1. The maximum Gasteiger partial charge on any atom is 0.123 e. The Labute approximate surface area is 107 Å². The second kappa shape index (κ2) is 4.84. The molecule has 1 heterocycles. The molecule has 1 fully saturated rings. The normalized spacial score (nSPS) is 25.2. The van der Waals surface area contributed by atoms with E-state index in [-0.39, 0.29) is 0 Å². The van der Waals surface area contributed by atoms with Crippen LogP contribution < -0.4 is 4.74 Å². The average Bonchev–Trinajstić information content (AvgIpc) is 2.58. The lowest BCUT2D eigenvalue weighted by atomic mass is 10.1. The third kappa shape index (κ3) is 3.12. The molecule has 3 nitrogen and oxygen atoms in total. The molecule has 4 heteroatoms. The molecule has 0 spiro atoms. The Morgan fingerprint density at radius 2 is 2.29 bits per heavy atom. The smallest absolute Gasteiger partial charge is 0.123 e. The molecule has 0 bridgehead atoms. The largest absolute Gasteiger partial charge is 0.496 e. The van der Waals surface area contributed by atoms with Gasteiger partial charge < -0.3 is 9.84 Å². The van der Waals surface area contributed by atoms with Crippen molar-refractivity contribution in [1.29, 1.82) is 0 Å². The Kier molecular flexibility index (Phi) is 3.61. The van der Waals surface area contributed by atoms with E-state index in [0.717, 1.165) is 30.8 Å². The number of methoxy groups -OCH3 is 1. The van der Waals surface area contributed by atoms with Crippen molar-refractivity contribution < 1.29 is 9.84 Å². The predicted octanol–water partition coefficient (Wildman–Crippen LogP) is 2.31. The van der Waals surface area contributed by atoms with Gasteiger partial charge in [-0.3, -0.25) is 4.90 Å². The highest BCUT2D eigenvalue weighted by atomic mass is 35.5. The summed E-state index contributed by atoms with van der Waals surface area (Å²) >= 11 is 5.99. The molecule has 0 amide bonds. The standard InChI is InChI=1S/C13H18ClNO2/c1-13(16)5-6-15(9-13)8-10-7-11(14)3-4-12(10)17-2/h3-4,7,16H,5-6,8-9H2,1-2H3. The van der Waals surface area contributed by atoms with Crippen LogP contribution in [0.3, 0.4) is 0 Å². The lowest BCUT2D eigenvalue weighted by molar-refractivity contribution is 0.0678. The summed E-state index contributed by atoms with van der Waals surface area (Å²) in [6, 6.07) is 5.63. The number of nitrogens with zero attached hydrogens (tertiary/aromatic N) is 1. The van der Waals surface area contributed by atoms with Crippen LogP contribution in [0.2, 0.25) is 5.02 Å². The van der Waals surface area contributed by atoms with Gasteiger partial charge in [-0.15, -0.1) is 0 Å². The number of rotatable bonds is 3. The molecule has 1 aliphatic heterocycles. The van der Waals surface area contributed by atoms with Crippen molar-refractivity contribution >= 4 is 11.6 Å². The van der Waals surface area contributed by atoms with E-state index in [9.17, 15) is 5.11 Å². The molecule has 1 atom stereocenters. The van der Waals surface area contributed by atoms with Crippen LogP contribution in [0.4, 0.5) is 0 Å². The van der Waals surface area contributed by atoms with Gasteiger partial charge in [0.25, 0.3) is 0 Å². The Morgan fingerprint density at radius 1 is 1.53 bits per heavy atom. The molecule has 17 heavy (non-hydrogen) atoms. The average molecular weight is 256 g/mol. The highest BCUT2D eigenvalue weighted by Crippen LogP contribution is 2.27. The number of hydrogen-bond acceptors (Lipinski definition) is 3. The molecule has 0 radical (unpaired) electrons. The zero-order valence-electron chi connectivity index (χ0n) is 10.2. The lowest BCUT2D eigenvalue weighted by Gasteiger charge is -2.20. The quantitative estimate of drug-likeness (QED) is 0.900. The fraction of sp³-hybridized carbons (Fsp3) is 0.538. The van der Waals surface area contributed by atoms with Crippen LogP contribution in [0.5, 0.6) is 5.75 Å². The molecular weight excluding hydrogens is 238 g/mol. The second-order valence-corrected chi connectivity index (χ2v) is 5.35. The summed E-state index contributed by atoms with van der Waals surface area (Å²) < 4.78 is 5.31. The predicted molar refractivity (Wildman–Crippen MR) is 68.5 cm³/mol. The number of likely N-dealkylation sites (tertiary alicyclic amines) is 1. The second-order valence-electron chi connectivity index (χ2n) is 4.91. The third-order valence-corrected chi connectivity index (χ3v) is 3.40. The Bertz CT molecular complexity index is 406. The Balaban J connectivity index is 2.11. The molecule has 1 saturated heterocycles. The molecule has 1 N–H and O–H groups in total. The zero-order valence-corrected chi connectivity index (χ0v) is 11.0. The van der Waals surface area contributed by atoms with Crippen molar-refractivity contribution in [3.8, 4) is 5.75 Å². The topological polar surface area (TPSA) is 32.7 Å². The van der Waals surface area contributed by atoms with Crippen LogP contribution >= 0.6 is 11.6 Å². The fourth-order valence-electron chi connectivity index (χ4n) is 2.29. The number of halogens is 1. The summed E-state index contributed by atoms with van der Waals surface area (Å²) in [5.41, 5.74) is 0.504. The lowest BCUT2D eigenvalue weighted by Crippen LogP contribution is -2.29. The minimum atomic E-state index is -0.564. The SMILES string of the molecule is COc1ccc(Cl)cc1CN1CCC(C)(O)C1. The highest BCUT2D eigenvalue weighted by molar-refractivity contribution is 6.30. The minimum Gasteiger partial charge on any atom is -0.496 e. The fourth-order valence-corrected chi connectivity index (χ4v) is 2.48. The van der Waals surface area contributed by atoms with Gasteiger partial charge in [0.1, 0.15) is 5.75 Å².